The molecule has 1 aliphatic heterocycles. The summed E-state index contributed by atoms with van der Waals surface area (Å²) in [5, 5.41) is 3.44. The molecule has 3 aromatic carbocycles. The highest BCUT2D eigenvalue weighted by atomic mass is 16.5. The van der Waals surface area contributed by atoms with Crippen LogP contribution in [0.3, 0.4) is 0 Å². The van der Waals surface area contributed by atoms with E-state index in [-0.39, 0.29) is 6.04 Å². The van der Waals surface area contributed by atoms with Gasteiger partial charge in [-0.05, 0) is 41.0 Å². The molecule has 0 aliphatic carbocycles. The third-order valence-electron chi connectivity index (χ3n) is 6.26. The Kier molecular flexibility index (Phi) is 8.34. The second-order valence-electron chi connectivity index (χ2n) is 8.33. The summed E-state index contributed by atoms with van der Waals surface area (Å²) in [7, 11) is 6.58. The highest BCUT2D eigenvalue weighted by Crippen LogP contribution is 2.43. The van der Waals surface area contributed by atoms with Crippen molar-refractivity contribution < 1.29 is 23.7 Å². The molecule has 0 radical (unpaired) electrons. The first-order valence-corrected chi connectivity index (χ1v) is 11.8. The first-order chi connectivity index (χ1) is 17.2. The summed E-state index contributed by atoms with van der Waals surface area (Å²) in [6, 6.07) is 20.3. The van der Waals surface area contributed by atoms with Crippen molar-refractivity contribution in [1.82, 2.24) is 10.2 Å². The van der Waals surface area contributed by atoms with Crippen LogP contribution in [0.2, 0.25) is 0 Å². The van der Waals surface area contributed by atoms with E-state index in [1.54, 1.807) is 28.4 Å². The molecular weight excluding hydrogens is 444 g/mol. The first-order valence-electron chi connectivity index (χ1n) is 11.8. The smallest absolute Gasteiger partial charge is 0.203 e. The Labute approximate surface area is 207 Å². The fourth-order valence-corrected chi connectivity index (χ4v) is 4.52. The summed E-state index contributed by atoms with van der Waals surface area (Å²) >= 11 is 0. The zero-order chi connectivity index (χ0) is 24.6. The predicted octanol–water partition coefficient (Wildman–Crippen LogP) is 4.29. The largest absolute Gasteiger partial charge is 0.493 e. The monoisotopic (exact) mass is 478 g/mol. The van der Waals surface area contributed by atoms with E-state index in [1.165, 1.54) is 0 Å². The van der Waals surface area contributed by atoms with Crippen LogP contribution >= 0.6 is 0 Å². The highest BCUT2D eigenvalue weighted by molar-refractivity contribution is 5.56. The molecule has 3 aromatic rings. The van der Waals surface area contributed by atoms with Gasteiger partial charge < -0.3 is 29.0 Å². The van der Waals surface area contributed by atoms with Gasteiger partial charge in [-0.1, -0.05) is 36.4 Å². The number of ether oxygens (including phenoxy) is 5. The van der Waals surface area contributed by atoms with Crippen LogP contribution in [0.4, 0.5) is 0 Å². The molecular formula is C28H34N2O5. The molecule has 1 N–H and O–H groups in total. The van der Waals surface area contributed by atoms with Crippen LogP contribution in [0.15, 0.2) is 60.7 Å². The van der Waals surface area contributed by atoms with Crippen molar-refractivity contribution >= 4 is 0 Å². The van der Waals surface area contributed by atoms with E-state index in [0.29, 0.717) is 35.4 Å². The molecule has 0 spiro atoms. The van der Waals surface area contributed by atoms with Crippen molar-refractivity contribution in [3.63, 3.8) is 0 Å². The highest BCUT2D eigenvalue weighted by Gasteiger charge is 2.27. The lowest BCUT2D eigenvalue weighted by Crippen LogP contribution is -2.45. The Morgan fingerprint density at radius 1 is 0.714 bits per heavy atom. The van der Waals surface area contributed by atoms with Crippen molar-refractivity contribution in [1.29, 1.82) is 0 Å². The van der Waals surface area contributed by atoms with Gasteiger partial charge in [0.1, 0.15) is 6.61 Å². The topological polar surface area (TPSA) is 61.4 Å². The molecule has 7 nitrogen and oxygen atoms in total. The van der Waals surface area contributed by atoms with Gasteiger partial charge in [0.05, 0.1) is 34.5 Å². The number of methoxy groups -OCH3 is 4. The SMILES string of the molecule is COc1cc(C(c2cc(OC)c(OC)c(OC)c2)N2CCNCC2)ccc1OCc1ccccc1. The van der Waals surface area contributed by atoms with Crippen LogP contribution in [-0.4, -0.2) is 59.5 Å². The Hall–Kier alpha value is -3.42. The molecule has 1 fully saturated rings. The molecule has 1 heterocycles. The Morgan fingerprint density at radius 2 is 1.34 bits per heavy atom. The van der Waals surface area contributed by atoms with Crippen LogP contribution in [0.25, 0.3) is 0 Å². The number of hydrogen-bond acceptors (Lipinski definition) is 7. The fourth-order valence-electron chi connectivity index (χ4n) is 4.52. The number of nitrogens with one attached hydrogen (secondary N) is 1. The lowest BCUT2D eigenvalue weighted by Gasteiger charge is -2.36. The normalized spacial score (nSPS) is 14.7. The van der Waals surface area contributed by atoms with Crippen molar-refractivity contribution in [2.24, 2.45) is 0 Å². The summed E-state index contributed by atoms with van der Waals surface area (Å²) in [6.45, 7) is 4.16. The van der Waals surface area contributed by atoms with Crippen molar-refractivity contribution in [2.75, 3.05) is 54.6 Å². The molecule has 35 heavy (non-hydrogen) atoms. The third-order valence-corrected chi connectivity index (χ3v) is 6.26. The lowest BCUT2D eigenvalue weighted by molar-refractivity contribution is 0.197. The van der Waals surface area contributed by atoms with Gasteiger partial charge in [-0.3, -0.25) is 4.90 Å². The van der Waals surface area contributed by atoms with E-state index in [1.807, 2.05) is 48.5 Å². The molecule has 186 valence electrons. The van der Waals surface area contributed by atoms with Crippen LogP contribution in [0, 0.1) is 0 Å². The van der Waals surface area contributed by atoms with E-state index in [4.69, 9.17) is 23.7 Å². The van der Waals surface area contributed by atoms with E-state index in [0.717, 1.165) is 42.9 Å². The van der Waals surface area contributed by atoms with Gasteiger partial charge in [-0.15, -0.1) is 0 Å². The zero-order valence-corrected chi connectivity index (χ0v) is 20.9. The maximum absolute atomic E-state index is 6.10. The minimum absolute atomic E-state index is 0.0251. The van der Waals surface area contributed by atoms with Gasteiger partial charge in [-0.2, -0.15) is 0 Å². The van der Waals surface area contributed by atoms with Gasteiger partial charge in [0.15, 0.2) is 23.0 Å². The summed E-state index contributed by atoms with van der Waals surface area (Å²) in [5.41, 5.74) is 3.27. The Balaban J connectivity index is 1.72. The summed E-state index contributed by atoms with van der Waals surface area (Å²) in [4.78, 5) is 2.45. The molecule has 4 rings (SSSR count). The Bertz CT molecular complexity index is 1070. The van der Waals surface area contributed by atoms with Crippen molar-refractivity contribution in [3.05, 3.63) is 77.4 Å². The summed E-state index contributed by atoms with van der Waals surface area (Å²) in [5.74, 6) is 3.27. The van der Waals surface area contributed by atoms with Crippen LogP contribution in [0.1, 0.15) is 22.7 Å². The average Bonchev–Trinajstić information content (AvgIpc) is 2.92. The number of rotatable bonds is 10. The van der Waals surface area contributed by atoms with Gasteiger partial charge >= 0.3 is 0 Å². The van der Waals surface area contributed by atoms with Gasteiger partial charge in [0, 0.05) is 26.2 Å². The van der Waals surface area contributed by atoms with Crippen LogP contribution in [0.5, 0.6) is 28.7 Å². The van der Waals surface area contributed by atoms with Crippen LogP contribution in [-0.2, 0) is 6.61 Å². The molecule has 0 aromatic heterocycles. The van der Waals surface area contributed by atoms with E-state index >= 15 is 0 Å². The minimum atomic E-state index is -0.0251. The van der Waals surface area contributed by atoms with Gasteiger partial charge in [0.25, 0.3) is 0 Å². The molecule has 0 bridgehead atoms. The number of piperazine rings is 1. The third kappa shape index (κ3) is 5.63. The maximum atomic E-state index is 6.10. The number of hydrogen-bond donors (Lipinski definition) is 1. The van der Waals surface area contributed by atoms with Crippen LogP contribution < -0.4 is 29.0 Å². The standard InChI is InChI=1S/C28H34N2O5/c1-31-24-16-21(10-11-23(24)35-19-20-8-6-5-7-9-20)27(30-14-12-29-13-15-30)22-17-25(32-2)28(34-4)26(18-22)33-3/h5-11,16-18,27,29H,12-15,19H2,1-4H3. The predicted molar refractivity (Wildman–Crippen MR) is 136 cm³/mol. The van der Waals surface area contributed by atoms with Crippen molar-refractivity contribution in [2.45, 2.75) is 12.6 Å². The molecule has 7 heteroatoms. The molecule has 0 amide bonds. The molecule has 1 atom stereocenters. The number of nitrogens with zero attached hydrogens (tertiary/aromatic N) is 1. The summed E-state index contributed by atoms with van der Waals surface area (Å²) in [6.07, 6.45) is 0. The van der Waals surface area contributed by atoms with E-state index in [9.17, 15) is 0 Å². The zero-order valence-electron chi connectivity index (χ0n) is 20.9. The lowest BCUT2D eigenvalue weighted by atomic mass is 9.95. The fraction of sp³-hybridized carbons (Fsp3) is 0.357. The molecule has 1 aliphatic rings. The van der Waals surface area contributed by atoms with E-state index in [2.05, 4.69) is 22.3 Å². The van der Waals surface area contributed by atoms with E-state index < -0.39 is 0 Å². The quantitative estimate of drug-likeness (QED) is 0.466. The Morgan fingerprint density at radius 3 is 1.94 bits per heavy atom. The first kappa shape index (κ1) is 24.7. The second kappa shape index (κ2) is 11.8. The van der Waals surface area contributed by atoms with Crippen molar-refractivity contribution in [3.8, 4) is 28.7 Å². The molecule has 0 saturated carbocycles. The summed E-state index contributed by atoms with van der Waals surface area (Å²) < 4.78 is 28.7. The second-order valence-corrected chi connectivity index (χ2v) is 8.33. The molecule has 1 saturated heterocycles. The average molecular weight is 479 g/mol. The maximum Gasteiger partial charge on any atom is 0.203 e. The van der Waals surface area contributed by atoms with Gasteiger partial charge in [0.2, 0.25) is 5.75 Å². The number of benzene rings is 3. The minimum Gasteiger partial charge on any atom is -0.493 e. The molecule has 1 unspecified atom stereocenters. The van der Waals surface area contributed by atoms with Gasteiger partial charge in [-0.25, -0.2) is 0 Å².